The van der Waals surface area contributed by atoms with Gasteiger partial charge in [0.2, 0.25) is 5.76 Å². The van der Waals surface area contributed by atoms with Gasteiger partial charge in [-0.05, 0) is 12.1 Å². The average molecular weight is 444 g/mol. The van der Waals surface area contributed by atoms with Crippen molar-refractivity contribution in [3.63, 3.8) is 0 Å². The van der Waals surface area contributed by atoms with Gasteiger partial charge in [0.25, 0.3) is 16.0 Å². The van der Waals surface area contributed by atoms with Crippen molar-refractivity contribution in [2.24, 2.45) is 10.2 Å². The third kappa shape index (κ3) is 3.63. The summed E-state index contributed by atoms with van der Waals surface area (Å²) in [6.45, 7) is 2.66. The van der Waals surface area contributed by atoms with Gasteiger partial charge in [-0.25, -0.2) is 18.1 Å². The minimum Gasteiger partial charge on any atom is -0.418 e. The molecule has 30 heavy (non-hydrogen) atoms. The summed E-state index contributed by atoms with van der Waals surface area (Å²) in [5.41, 5.74) is -2.98. The van der Waals surface area contributed by atoms with E-state index in [1.54, 1.807) is 4.90 Å². The Morgan fingerprint density at radius 1 is 1.17 bits per heavy atom. The molecule has 0 aliphatic carbocycles. The summed E-state index contributed by atoms with van der Waals surface area (Å²) < 4.78 is 71.1. The predicted molar refractivity (Wildman–Crippen MR) is 95.3 cm³/mol. The largest absolute Gasteiger partial charge is 0.442 e. The van der Waals surface area contributed by atoms with Gasteiger partial charge in [0.15, 0.2) is 0 Å². The highest BCUT2D eigenvalue weighted by atomic mass is 32.2. The number of amides is 1. The van der Waals surface area contributed by atoms with Gasteiger partial charge < -0.3 is 14.6 Å². The van der Waals surface area contributed by atoms with Crippen LogP contribution in [-0.4, -0.2) is 51.7 Å². The number of halogens is 3. The van der Waals surface area contributed by atoms with E-state index in [1.807, 2.05) is 4.72 Å². The van der Waals surface area contributed by atoms with E-state index < -0.39 is 32.7 Å². The number of rotatable bonds is 5. The molecule has 0 saturated carbocycles. The average Bonchev–Trinajstić information content (AvgIpc) is 3.39. The zero-order valence-corrected chi connectivity index (χ0v) is 16.0. The first kappa shape index (κ1) is 20.3. The summed E-state index contributed by atoms with van der Waals surface area (Å²) in [6, 6.07) is 3.97. The Kier molecular flexibility index (Phi) is 4.77. The number of nitrogens with zero attached hydrogens (tertiary/aromatic N) is 4. The Bertz CT molecular complexity index is 1080. The van der Waals surface area contributed by atoms with E-state index in [9.17, 15) is 26.4 Å². The van der Waals surface area contributed by atoms with E-state index >= 15 is 0 Å². The molecule has 0 bridgehead atoms. The SMILES string of the molecule is O=C(NS(=O)(=O)c1ccc(C2(C(F)(F)F)N=N2)cc1)c1cnc(N2CCNCC2)o1. The molecule has 1 aromatic heterocycles. The fourth-order valence-corrected chi connectivity index (χ4v) is 3.87. The Morgan fingerprint density at radius 3 is 2.37 bits per heavy atom. The van der Waals surface area contributed by atoms with Gasteiger partial charge in [0.1, 0.15) is 0 Å². The second-order valence-electron chi connectivity index (χ2n) is 6.57. The van der Waals surface area contributed by atoms with Gasteiger partial charge >= 0.3 is 17.7 Å². The van der Waals surface area contributed by atoms with Crippen LogP contribution in [0.3, 0.4) is 0 Å². The molecule has 1 aromatic carbocycles. The minimum atomic E-state index is -4.73. The molecule has 1 saturated heterocycles. The van der Waals surface area contributed by atoms with Crippen molar-refractivity contribution in [1.29, 1.82) is 0 Å². The van der Waals surface area contributed by atoms with Crippen LogP contribution in [0.1, 0.15) is 16.1 Å². The standard InChI is InChI=1S/C16H15F3N6O4S/c17-16(18,19)15(23-24-15)10-1-3-11(4-2-10)30(27,28)22-13(26)12-9-21-14(29-12)25-7-5-20-6-8-25/h1-4,9,20H,5-8H2,(H,22,26). The van der Waals surface area contributed by atoms with Crippen molar-refractivity contribution >= 4 is 21.9 Å². The van der Waals surface area contributed by atoms with Crippen LogP contribution < -0.4 is 14.9 Å². The normalized spacial score (nSPS) is 18.3. The lowest BCUT2D eigenvalue weighted by molar-refractivity contribution is -0.166. The Balaban J connectivity index is 1.47. The fraction of sp³-hybridized carbons (Fsp3) is 0.375. The Morgan fingerprint density at radius 2 is 1.80 bits per heavy atom. The highest BCUT2D eigenvalue weighted by molar-refractivity contribution is 7.90. The molecule has 0 atom stereocenters. The molecule has 160 valence electrons. The zero-order chi connectivity index (χ0) is 21.6. The highest BCUT2D eigenvalue weighted by Crippen LogP contribution is 2.52. The van der Waals surface area contributed by atoms with Crippen molar-refractivity contribution in [2.45, 2.75) is 16.7 Å². The van der Waals surface area contributed by atoms with Crippen LogP contribution in [0.4, 0.5) is 19.2 Å². The molecule has 2 aliphatic rings. The molecule has 1 fully saturated rings. The van der Waals surface area contributed by atoms with Crippen LogP contribution >= 0.6 is 0 Å². The molecule has 0 radical (unpaired) electrons. The smallest absolute Gasteiger partial charge is 0.418 e. The molecule has 2 N–H and O–H groups in total. The number of alkyl halides is 3. The van der Waals surface area contributed by atoms with Crippen LogP contribution in [0.15, 0.2) is 50.0 Å². The van der Waals surface area contributed by atoms with Gasteiger partial charge in [0, 0.05) is 31.7 Å². The molecule has 0 unspecified atom stereocenters. The summed E-state index contributed by atoms with van der Waals surface area (Å²) in [7, 11) is -4.35. The molecule has 2 aromatic rings. The van der Waals surface area contributed by atoms with E-state index in [-0.39, 0.29) is 17.3 Å². The van der Waals surface area contributed by atoms with Crippen LogP contribution in [0.25, 0.3) is 0 Å². The van der Waals surface area contributed by atoms with E-state index in [4.69, 9.17) is 4.42 Å². The first-order chi connectivity index (χ1) is 14.1. The van der Waals surface area contributed by atoms with E-state index in [2.05, 4.69) is 20.5 Å². The lowest BCUT2D eigenvalue weighted by atomic mass is 10.0. The monoisotopic (exact) mass is 444 g/mol. The fourth-order valence-electron chi connectivity index (χ4n) is 2.91. The summed E-state index contributed by atoms with van der Waals surface area (Å²) in [5.74, 6) is -1.36. The second kappa shape index (κ2) is 7.05. The first-order valence-electron chi connectivity index (χ1n) is 8.72. The quantitative estimate of drug-likeness (QED) is 0.713. The Hall–Kier alpha value is -3.00. The lowest BCUT2D eigenvalue weighted by Gasteiger charge is -2.25. The Labute approximate surface area is 168 Å². The molecule has 14 heteroatoms. The minimum absolute atomic E-state index is 0.192. The van der Waals surface area contributed by atoms with E-state index in [0.717, 1.165) is 30.5 Å². The van der Waals surface area contributed by atoms with Gasteiger partial charge in [-0.1, -0.05) is 12.1 Å². The number of benzene rings is 1. The highest BCUT2D eigenvalue weighted by Gasteiger charge is 2.65. The van der Waals surface area contributed by atoms with Gasteiger partial charge in [-0.15, -0.1) is 10.2 Å². The number of hydrogen-bond donors (Lipinski definition) is 2. The van der Waals surface area contributed by atoms with Gasteiger partial charge in [0.05, 0.1) is 11.1 Å². The van der Waals surface area contributed by atoms with Crippen LogP contribution in [-0.2, 0) is 15.7 Å². The van der Waals surface area contributed by atoms with Crippen molar-refractivity contribution < 1.29 is 30.8 Å². The summed E-state index contributed by atoms with van der Waals surface area (Å²) in [4.78, 5) is 17.6. The molecule has 2 aliphatic heterocycles. The molecular weight excluding hydrogens is 429 g/mol. The molecule has 1 amide bonds. The van der Waals surface area contributed by atoms with Crippen LogP contribution in [0.2, 0.25) is 0 Å². The number of anilines is 1. The van der Waals surface area contributed by atoms with Crippen LogP contribution in [0.5, 0.6) is 0 Å². The van der Waals surface area contributed by atoms with Gasteiger partial charge in [-0.2, -0.15) is 13.2 Å². The molecule has 4 rings (SSSR count). The maximum Gasteiger partial charge on any atom is 0.442 e. The lowest BCUT2D eigenvalue weighted by Crippen LogP contribution is -2.43. The first-order valence-corrected chi connectivity index (χ1v) is 10.2. The van der Waals surface area contributed by atoms with Crippen molar-refractivity contribution in [1.82, 2.24) is 15.0 Å². The molecule has 0 spiro atoms. The zero-order valence-electron chi connectivity index (χ0n) is 15.2. The number of carbonyl (C=O) groups is 1. The van der Waals surface area contributed by atoms with Crippen molar-refractivity contribution in [3.05, 3.63) is 41.8 Å². The van der Waals surface area contributed by atoms with Crippen molar-refractivity contribution in [2.75, 3.05) is 31.1 Å². The number of sulfonamides is 1. The predicted octanol–water partition coefficient (Wildman–Crippen LogP) is 1.38. The summed E-state index contributed by atoms with van der Waals surface area (Å²) >= 11 is 0. The number of oxazole rings is 1. The number of aromatic nitrogens is 1. The molecular formula is C16H15F3N6O4S. The van der Waals surface area contributed by atoms with Crippen LogP contribution in [0, 0.1) is 0 Å². The number of piperazine rings is 1. The number of carbonyl (C=O) groups excluding carboxylic acids is 1. The van der Waals surface area contributed by atoms with E-state index in [0.29, 0.717) is 26.2 Å². The van der Waals surface area contributed by atoms with Gasteiger partial charge in [-0.3, -0.25) is 4.79 Å². The maximum atomic E-state index is 13.0. The third-order valence-electron chi connectivity index (χ3n) is 4.59. The summed E-state index contributed by atoms with van der Waals surface area (Å²) in [5, 5.41) is 9.24. The third-order valence-corrected chi connectivity index (χ3v) is 5.94. The second-order valence-corrected chi connectivity index (χ2v) is 8.26. The summed E-state index contributed by atoms with van der Waals surface area (Å²) in [6.07, 6.45) is -3.62. The van der Waals surface area contributed by atoms with E-state index in [1.165, 1.54) is 0 Å². The number of hydrogen-bond acceptors (Lipinski definition) is 9. The molecule has 3 heterocycles. The maximum absolute atomic E-state index is 13.0. The van der Waals surface area contributed by atoms with Crippen molar-refractivity contribution in [3.8, 4) is 0 Å². The topological polar surface area (TPSA) is 129 Å². The number of nitrogens with one attached hydrogen (secondary N) is 2. The molecule has 10 nitrogen and oxygen atoms in total.